The summed E-state index contributed by atoms with van der Waals surface area (Å²) in [5, 5.41) is 14.3. The predicted octanol–water partition coefficient (Wildman–Crippen LogP) is 4.59. The summed E-state index contributed by atoms with van der Waals surface area (Å²) in [5.41, 5.74) is 2.19. The molecule has 1 aromatic heterocycles. The van der Waals surface area contributed by atoms with Gasteiger partial charge in [-0.05, 0) is 37.0 Å². The smallest absolute Gasteiger partial charge is 0.0787 e. The number of alkyl halides is 1. The molecule has 6 heteroatoms. The van der Waals surface area contributed by atoms with Crippen molar-refractivity contribution in [1.29, 1.82) is 0 Å². The number of anilines is 1. The number of nitrogens with zero attached hydrogens (tertiary/aromatic N) is 2. The van der Waals surface area contributed by atoms with Crippen molar-refractivity contribution in [2.24, 2.45) is 0 Å². The molecule has 1 N–H and O–H groups in total. The minimum absolute atomic E-state index is 0. The van der Waals surface area contributed by atoms with Gasteiger partial charge in [0.1, 0.15) is 0 Å². The average Bonchev–Trinajstić information content (AvgIpc) is 3.25. The maximum Gasteiger partial charge on any atom is 0.0787 e. The second-order valence-electron chi connectivity index (χ2n) is 6.35. The van der Waals surface area contributed by atoms with Gasteiger partial charge >= 0.3 is 0 Å². The third-order valence-electron chi connectivity index (χ3n) is 4.79. The molecule has 1 radical (unpaired) electrons. The first-order chi connectivity index (χ1) is 11.7. The molecule has 3 nitrogen and oxygen atoms in total. The summed E-state index contributed by atoms with van der Waals surface area (Å²) in [6.07, 6.45) is 6.32. The average molecular weight is 453 g/mol. The largest absolute Gasteiger partial charge is 0.388 e. The van der Waals surface area contributed by atoms with E-state index in [1.54, 1.807) is 17.5 Å². The zero-order chi connectivity index (χ0) is 16.9. The fourth-order valence-electron chi connectivity index (χ4n) is 3.39. The van der Waals surface area contributed by atoms with Crippen molar-refractivity contribution in [3.8, 4) is 0 Å². The van der Waals surface area contributed by atoms with E-state index in [2.05, 4.69) is 27.4 Å². The van der Waals surface area contributed by atoms with Crippen LogP contribution in [0.5, 0.6) is 0 Å². The Bertz CT molecular complexity index is 623. The molecule has 3 atom stereocenters. The Hall–Kier alpha value is 0.00390. The third-order valence-corrected chi connectivity index (χ3v) is 6.07. The van der Waals surface area contributed by atoms with Gasteiger partial charge in [-0.3, -0.25) is 0 Å². The summed E-state index contributed by atoms with van der Waals surface area (Å²) in [5.74, 6) is 0. The molecule has 1 fully saturated rings. The number of aryl methyl sites for hydroxylation is 1. The summed E-state index contributed by atoms with van der Waals surface area (Å²) >= 11 is 8.19. The molecule has 2 heterocycles. The molecule has 0 bridgehead atoms. The predicted molar refractivity (Wildman–Crippen MR) is 101 cm³/mol. The van der Waals surface area contributed by atoms with Crippen molar-refractivity contribution in [2.45, 2.75) is 56.6 Å². The number of thiazole rings is 1. The van der Waals surface area contributed by atoms with Crippen LogP contribution in [0.1, 0.15) is 49.3 Å². The molecule has 1 aliphatic heterocycles. The molecule has 0 saturated carbocycles. The molecule has 3 unspecified atom stereocenters. The van der Waals surface area contributed by atoms with E-state index >= 15 is 0 Å². The van der Waals surface area contributed by atoms with E-state index in [1.807, 2.05) is 19.1 Å². The minimum Gasteiger partial charge on any atom is -0.388 e. The molecule has 0 amide bonds. The fourth-order valence-corrected chi connectivity index (χ4v) is 4.35. The zero-order valence-corrected chi connectivity index (χ0v) is 19.0. The van der Waals surface area contributed by atoms with Crippen LogP contribution in [0.15, 0.2) is 30.5 Å². The van der Waals surface area contributed by atoms with Gasteiger partial charge < -0.3 is 26.3 Å². The molecule has 0 spiro atoms. The number of hydrogen-bond acceptors (Lipinski definition) is 4. The number of benzene rings is 1. The van der Waals surface area contributed by atoms with Crippen LogP contribution in [0.3, 0.4) is 0 Å². The third kappa shape index (κ3) is 5.49. The summed E-state index contributed by atoms with van der Waals surface area (Å²) in [7, 11) is 0. The number of aliphatic hydroxyl groups excluding tert-OH is 1. The van der Waals surface area contributed by atoms with Crippen molar-refractivity contribution in [3.63, 3.8) is 0 Å². The fraction of sp³-hybridized carbons (Fsp3) is 0.526. The normalized spacial score (nSPS) is 21.2. The number of aliphatic hydroxyl groups is 1. The Balaban J connectivity index is 0.00000225. The molecule has 0 aliphatic carbocycles. The summed E-state index contributed by atoms with van der Waals surface area (Å²) in [6, 6.07) is 8.68. The van der Waals surface area contributed by atoms with Crippen LogP contribution in [-0.4, -0.2) is 28.1 Å². The van der Waals surface area contributed by atoms with Crippen LogP contribution in [0.4, 0.5) is 5.69 Å². The van der Waals surface area contributed by atoms with Crippen LogP contribution in [0.25, 0.3) is 0 Å². The molecule has 1 aromatic carbocycles. The number of rotatable bonds is 7. The van der Waals surface area contributed by atoms with E-state index in [0.717, 1.165) is 49.2 Å². The van der Waals surface area contributed by atoms with Crippen LogP contribution in [-0.2, 0) is 39.1 Å². The van der Waals surface area contributed by atoms with Crippen LogP contribution >= 0.6 is 22.9 Å². The van der Waals surface area contributed by atoms with E-state index in [0.29, 0.717) is 6.04 Å². The van der Waals surface area contributed by atoms with Gasteiger partial charge in [0.05, 0.1) is 11.5 Å². The maximum absolute atomic E-state index is 9.94. The van der Waals surface area contributed by atoms with Gasteiger partial charge in [0.2, 0.25) is 0 Å². The second-order valence-corrected chi connectivity index (χ2v) is 7.82. The van der Waals surface area contributed by atoms with E-state index < -0.39 is 0 Å². The van der Waals surface area contributed by atoms with Crippen molar-refractivity contribution >= 4 is 28.6 Å². The summed E-state index contributed by atoms with van der Waals surface area (Å²) in [6.45, 7) is 2.99. The Morgan fingerprint density at radius 1 is 1.40 bits per heavy atom. The van der Waals surface area contributed by atoms with E-state index in [4.69, 9.17) is 11.6 Å². The first kappa shape index (κ1) is 21.3. The Labute approximate surface area is 184 Å². The van der Waals surface area contributed by atoms with E-state index in [1.165, 1.54) is 5.69 Å². The topological polar surface area (TPSA) is 36.4 Å². The van der Waals surface area contributed by atoms with Gasteiger partial charge in [-0.1, -0.05) is 43.1 Å². The number of halogens is 1. The first-order valence-electron chi connectivity index (χ1n) is 8.68. The molecular formula is C19H24ClN2OSY-. The molecule has 1 saturated heterocycles. The van der Waals surface area contributed by atoms with Crippen LogP contribution in [0, 0.1) is 5.38 Å². The first-order valence-corrected chi connectivity index (χ1v) is 9.93. The van der Waals surface area contributed by atoms with Gasteiger partial charge in [0.25, 0.3) is 0 Å². The Morgan fingerprint density at radius 2 is 2.16 bits per heavy atom. The van der Waals surface area contributed by atoms with E-state index in [9.17, 15) is 5.11 Å². The standard InChI is InChI=1S/C19H24ClN2OS.Y/c1-2-18(23)14-6-8-15(9-7-14)22-12-10-16(20)17(22)4-3-5-19-21-11-13-24-19;/h6-9,11,16-18,23H,2-5,10,12H2,1H3;/q-1;. The minimum atomic E-state index is -0.371. The summed E-state index contributed by atoms with van der Waals surface area (Å²) < 4.78 is 0. The molecule has 1 aliphatic rings. The van der Waals surface area contributed by atoms with Crippen LogP contribution in [0.2, 0.25) is 0 Å². The number of hydrogen-bond donors (Lipinski definition) is 1. The molecule has 3 rings (SSSR count). The zero-order valence-electron chi connectivity index (χ0n) is 14.6. The van der Waals surface area contributed by atoms with Crippen molar-refractivity contribution < 1.29 is 37.8 Å². The summed E-state index contributed by atoms with van der Waals surface area (Å²) in [4.78, 5) is 6.73. The van der Waals surface area contributed by atoms with Gasteiger partial charge in [0, 0.05) is 51.0 Å². The van der Waals surface area contributed by atoms with Gasteiger partial charge in [-0.2, -0.15) is 5.38 Å². The monoisotopic (exact) mass is 452 g/mol. The molecular weight excluding hydrogens is 429 g/mol. The van der Waals surface area contributed by atoms with E-state index in [-0.39, 0.29) is 44.2 Å². The quantitative estimate of drug-likeness (QED) is 0.493. The Morgan fingerprint density at radius 3 is 2.80 bits per heavy atom. The SMILES string of the molecule is CCC(O)c1ccc(N2CCC(Cl)C2CCCc2nc[c-]s2)cc1.[Y]. The Kier molecular flexibility index (Phi) is 8.83. The molecule has 2 aromatic rings. The van der Waals surface area contributed by atoms with Crippen molar-refractivity contribution in [3.05, 3.63) is 46.4 Å². The molecule has 25 heavy (non-hydrogen) atoms. The van der Waals surface area contributed by atoms with Gasteiger partial charge in [-0.25, -0.2) is 0 Å². The molecule has 133 valence electrons. The second kappa shape index (κ2) is 10.4. The van der Waals surface area contributed by atoms with Gasteiger partial charge in [0.15, 0.2) is 0 Å². The maximum atomic E-state index is 9.94. The van der Waals surface area contributed by atoms with Crippen molar-refractivity contribution in [1.82, 2.24) is 4.98 Å². The van der Waals surface area contributed by atoms with Crippen LogP contribution < -0.4 is 4.90 Å². The van der Waals surface area contributed by atoms with Gasteiger partial charge in [-0.15, -0.1) is 11.6 Å². The van der Waals surface area contributed by atoms with Crippen molar-refractivity contribution in [2.75, 3.05) is 11.4 Å². The number of aromatic nitrogens is 1.